The minimum Gasteiger partial charge on any atom is -0.480 e. The molecule has 5 aromatic carbocycles. The highest BCUT2D eigenvalue weighted by atomic mass is 32.2. The van der Waals surface area contributed by atoms with Crippen molar-refractivity contribution in [2.45, 2.75) is 74.8 Å². The number of unbranched alkanes of at least 4 members (excludes halogenated alkanes) is 1. The second-order valence-corrected chi connectivity index (χ2v) is 15.3. The van der Waals surface area contributed by atoms with E-state index in [0.717, 1.165) is 40.6 Å². The van der Waals surface area contributed by atoms with Crippen molar-refractivity contribution in [3.8, 4) is 0 Å². The van der Waals surface area contributed by atoms with Gasteiger partial charge >= 0.3 is 5.97 Å². The van der Waals surface area contributed by atoms with Gasteiger partial charge < -0.3 is 25.8 Å². The first-order valence-corrected chi connectivity index (χ1v) is 19.0. The number of carbonyl (C=O) groups excluding carboxylic acids is 2. The number of anilines is 1. The fourth-order valence-corrected chi connectivity index (χ4v) is 8.26. The van der Waals surface area contributed by atoms with E-state index >= 15 is 0 Å². The van der Waals surface area contributed by atoms with Crippen LogP contribution in [-0.4, -0.2) is 53.1 Å². The number of benzene rings is 5. The Labute approximate surface area is 316 Å². The molecule has 0 heterocycles. The lowest BCUT2D eigenvalue weighted by atomic mass is 9.84. The SMILES string of the molecule is CCCC[C@H](NC(=O)c1cccc2c(NCC(OC(C)(C)C)C(NC=O)SC(c3ccccc3)(c3ccccc3)c3ccccc3)cccc12)C(=O)O. The van der Waals surface area contributed by atoms with E-state index in [-0.39, 0.29) is 0 Å². The predicted octanol–water partition coefficient (Wildman–Crippen LogP) is 8.61. The first-order chi connectivity index (χ1) is 25.6. The molecule has 2 unspecified atom stereocenters. The molecule has 276 valence electrons. The number of thioether (sulfide) groups is 1. The van der Waals surface area contributed by atoms with E-state index in [1.165, 1.54) is 0 Å². The number of rotatable bonds is 18. The van der Waals surface area contributed by atoms with Gasteiger partial charge in [0.2, 0.25) is 6.41 Å². The molecule has 9 heteroatoms. The molecule has 0 aromatic heterocycles. The Morgan fingerprint density at radius 2 is 1.32 bits per heavy atom. The highest BCUT2D eigenvalue weighted by Gasteiger charge is 2.42. The molecule has 0 fully saturated rings. The van der Waals surface area contributed by atoms with Crippen molar-refractivity contribution in [3.63, 3.8) is 0 Å². The Morgan fingerprint density at radius 3 is 1.83 bits per heavy atom. The minimum atomic E-state index is -1.05. The predicted molar refractivity (Wildman–Crippen MR) is 215 cm³/mol. The zero-order valence-corrected chi connectivity index (χ0v) is 31.6. The number of hydrogen-bond donors (Lipinski definition) is 4. The van der Waals surface area contributed by atoms with Crippen LogP contribution in [0.4, 0.5) is 5.69 Å². The molecule has 0 aliphatic heterocycles. The Hall–Kier alpha value is -5.12. The number of carboxylic acid groups (broad SMARTS) is 1. The zero-order valence-electron chi connectivity index (χ0n) is 30.8. The van der Waals surface area contributed by atoms with Crippen molar-refractivity contribution in [2.24, 2.45) is 0 Å². The van der Waals surface area contributed by atoms with Crippen molar-refractivity contribution in [1.29, 1.82) is 0 Å². The van der Waals surface area contributed by atoms with E-state index in [2.05, 4.69) is 52.3 Å². The Balaban J connectivity index is 1.53. The molecule has 0 saturated carbocycles. The first kappa shape index (κ1) is 39.1. The number of carboxylic acids is 1. The van der Waals surface area contributed by atoms with Gasteiger partial charge in [0.05, 0.1) is 10.3 Å². The van der Waals surface area contributed by atoms with E-state index in [0.29, 0.717) is 30.3 Å². The van der Waals surface area contributed by atoms with E-state index in [4.69, 9.17) is 4.74 Å². The average Bonchev–Trinajstić information content (AvgIpc) is 3.17. The van der Waals surface area contributed by atoms with Gasteiger partial charge in [-0.15, -0.1) is 11.8 Å². The lowest BCUT2D eigenvalue weighted by Crippen LogP contribution is -2.48. The minimum absolute atomic E-state index is 0.317. The Bertz CT molecular complexity index is 1850. The topological polar surface area (TPSA) is 117 Å². The second kappa shape index (κ2) is 18.1. The number of hydrogen-bond acceptors (Lipinski definition) is 6. The standard InChI is InChI=1S/C44H49N3O5S/c1-5-6-27-38(42(50)51)47-40(49)36-26-16-25-35-34(36)24-17-28-37(35)45-29-39(52-43(2,3)4)41(46-30-48)53-44(31-18-10-7-11-19-31,32-20-12-8-13-21-32)33-22-14-9-15-23-33/h7-26,28,30,38-39,41,45H,5-6,27,29H2,1-4H3,(H,46,48)(H,47,49)(H,50,51)/t38-,39?,41?/m0/s1. The summed E-state index contributed by atoms with van der Waals surface area (Å²) in [5, 5.41) is 20.1. The lowest BCUT2D eigenvalue weighted by Gasteiger charge is -2.41. The second-order valence-electron chi connectivity index (χ2n) is 14.0. The third kappa shape index (κ3) is 9.66. The van der Waals surface area contributed by atoms with Gasteiger partial charge in [0.15, 0.2) is 0 Å². The molecule has 5 aromatic rings. The summed E-state index contributed by atoms with van der Waals surface area (Å²) in [5.41, 5.74) is 3.78. The number of carbonyl (C=O) groups is 3. The molecular weight excluding hydrogens is 683 g/mol. The van der Waals surface area contributed by atoms with Crippen LogP contribution in [0.1, 0.15) is 74.0 Å². The van der Waals surface area contributed by atoms with E-state index in [1.54, 1.807) is 23.9 Å². The fourth-order valence-electron chi connectivity index (χ4n) is 6.64. The zero-order chi connectivity index (χ0) is 37.8. The molecule has 0 saturated heterocycles. The third-order valence-electron chi connectivity index (χ3n) is 9.03. The number of nitrogens with one attached hydrogen (secondary N) is 3. The number of aliphatic carboxylic acids is 1. The molecule has 0 spiro atoms. The molecular formula is C44H49N3O5S. The smallest absolute Gasteiger partial charge is 0.326 e. The van der Waals surface area contributed by atoms with Crippen LogP contribution in [0.15, 0.2) is 127 Å². The van der Waals surface area contributed by atoms with Gasteiger partial charge in [-0.25, -0.2) is 4.79 Å². The summed E-state index contributed by atoms with van der Waals surface area (Å²) in [6.07, 6.45) is 2.09. The average molecular weight is 732 g/mol. The summed E-state index contributed by atoms with van der Waals surface area (Å²) in [4.78, 5) is 37.8. The van der Waals surface area contributed by atoms with Gasteiger partial charge in [-0.3, -0.25) is 9.59 Å². The maximum atomic E-state index is 13.5. The largest absolute Gasteiger partial charge is 0.480 e. The van der Waals surface area contributed by atoms with Crippen LogP contribution in [0.25, 0.3) is 10.8 Å². The van der Waals surface area contributed by atoms with Crippen LogP contribution < -0.4 is 16.0 Å². The molecule has 4 N–H and O–H groups in total. The quantitative estimate of drug-likeness (QED) is 0.0405. The summed E-state index contributed by atoms with van der Waals surface area (Å²) < 4.78 is 6.05. The Kier molecular flexibility index (Phi) is 13.3. The van der Waals surface area contributed by atoms with Crippen molar-refractivity contribution < 1.29 is 24.2 Å². The highest BCUT2D eigenvalue weighted by molar-refractivity contribution is 8.01. The van der Waals surface area contributed by atoms with E-state index in [9.17, 15) is 19.5 Å². The third-order valence-corrected chi connectivity index (χ3v) is 10.8. The van der Waals surface area contributed by atoms with Gasteiger partial charge in [0.25, 0.3) is 5.91 Å². The Morgan fingerprint density at radius 1 is 0.774 bits per heavy atom. The highest BCUT2D eigenvalue weighted by Crippen LogP contribution is 2.50. The number of amides is 2. The van der Waals surface area contributed by atoms with Crippen LogP contribution in [0.3, 0.4) is 0 Å². The molecule has 8 nitrogen and oxygen atoms in total. The summed E-state index contributed by atoms with van der Waals surface area (Å²) >= 11 is 1.62. The van der Waals surface area contributed by atoms with Crippen molar-refractivity contribution in [2.75, 3.05) is 11.9 Å². The molecule has 0 aliphatic rings. The van der Waals surface area contributed by atoms with E-state index < -0.39 is 39.7 Å². The summed E-state index contributed by atoms with van der Waals surface area (Å²) in [7, 11) is 0. The van der Waals surface area contributed by atoms with Gasteiger partial charge in [-0.1, -0.05) is 135 Å². The summed E-state index contributed by atoms with van der Waals surface area (Å²) in [6.45, 7) is 8.29. The molecule has 0 radical (unpaired) electrons. The van der Waals surface area contributed by atoms with Crippen LogP contribution in [0, 0.1) is 0 Å². The number of fused-ring (bicyclic) bond motifs is 1. The first-order valence-electron chi connectivity index (χ1n) is 18.1. The maximum absolute atomic E-state index is 13.5. The normalized spacial score (nSPS) is 13.4. The van der Waals surface area contributed by atoms with Crippen LogP contribution in [0.2, 0.25) is 0 Å². The fraction of sp³-hybridized carbons (Fsp3) is 0.295. The van der Waals surface area contributed by atoms with Gasteiger partial charge in [0, 0.05) is 23.2 Å². The maximum Gasteiger partial charge on any atom is 0.326 e. The summed E-state index contributed by atoms with van der Waals surface area (Å²) in [5.74, 6) is -1.48. The van der Waals surface area contributed by atoms with Crippen molar-refractivity contribution in [3.05, 3.63) is 150 Å². The summed E-state index contributed by atoms with van der Waals surface area (Å²) in [6, 6.07) is 41.1. The van der Waals surface area contributed by atoms with Crippen molar-refractivity contribution >= 4 is 46.5 Å². The van der Waals surface area contributed by atoms with Gasteiger partial charge in [0.1, 0.15) is 17.5 Å². The molecule has 53 heavy (non-hydrogen) atoms. The van der Waals surface area contributed by atoms with E-state index in [1.807, 2.05) is 107 Å². The number of ether oxygens (including phenoxy) is 1. The molecule has 0 bridgehead atoms. The molecule has 3 atom stereocenters. The van der Waals surface area contributed by atoms with Crippen LogP contribution in [0.5, 0.6) is 0 Å². The van der Waals surface area contributed by atoms with Crippen LogP contribution >= 0.6 is 11.8 Å². The van der Waals surface area contributed by atoms with Gasteiger partial charge in [-0.2, -0.15) is 0 Å². The molecule has 0 aliphatic carbocycles. The lowest BCUT2D eigenvalue weighted by molar-refractivity contribution is -0.139. The van der Waals surface area contributed by atoms with Crippen LogP contribution in [-0.2, 0) is 19.1 Å². The van der Waals surface area contributed by atoms with Gasteiger partial charge in [-0.05, 0) is 61.4 Å². The molecule has 5 rings (SSSR count). The molecule has 2 amide bonds. The van der Waals surface area contributed by atoms with Crippen molar-refractivity contribution in [1.82, 2.24) is 10.6 Å². The monoisotopic (exact) mass is 731 g/mol.